The minimum absolute atomic E-state index is 0.177. The molecule has 0 saturated heterocycles. The molecule has 0 aliphatic rings. The predicted octanol–water partition coefficient (Wildman–Crippen LogP) is 1.99. The highest BCUT2D eigenvalue weighted by Gasteiger charge is 1.95. The fraction of sp³-hybridized carbons (Fsp3) is 0.875. The molecular weight excluding hydrogens is 128 g/mol. The van der Waals surface area contributed by atoms with E-state index in [9.17, 15) is 4.79 Å². The van der Waals surface area contributed by atoms with Crippen LogP contribution >= 0.6 is 0 Å². The fourth-order valence-corrected chi connectivity index (χ4v) is 0.707. The minimum atomic E-state index is -0.177. The lowest BCUT2D eigenvalue weighted by Crippen LogP contribution is -2.01. The second kappa shape index (κ2) is 5.27. The van der Waals surface area contributed by atoms with Crippen LogP contribution in [-0.4, -0.2) is 12.6 Å². The molecule has 0 spiro atoms. The molecule has 60 valence electrons. The normalized spacial score (nSPS) is 10.0. The van der Waals surface area contributed by atoms with Gasteiger partial charge < -0.3 is 4.74 Å². The summed E-state index contributed by atoms with van der Waals surface area (Å²) < 4.78 is 4.75. The molecule has 0 bridgehead atoms. The van der Waals surface area contributed by atoms with Crippen molar-refractivity contribution in [1.82, 2.24) is 0 Å². The van der Waals surface area contributed by atoms with Gasteiger partial charge >= 0.3 is 5.97 Å². The molecule has 10 heavy (non-hydrogen) atoms. The van der Waals surface area contributed by atoms with E-state index in [0.29, 0.717) is 12.5 Å². The van der Waals surface area contributed by atoms with Crippen molar-refractivity contribution in [2.24, 2.45) is 5.92 Å². The van der Waals surface area contributed by atoms with Crippen LogP contribution in [0.4, 0.5) is 0 Å². The zero-order valence-corrected chi connectivity index (χ0v) is 7.02. The van der Waals surface area contributed by atoms with Gasteiger partial charge in [-0.05, 0) is 18.8 Å². The Balaban J connectivity index is 2.98. The van der Waals surface area contributed by atoms with Gasteiger partial charge in [-0.2, -0.15) is 0 Å². The maximum absolute atomic E-state index is 10.3. The van der Waals surface area contributed by atoms with Gasteiger partial charge in [0, 0.05) is 6.92 Å². The Morgan fingerprint density at radius 1 is 1.50 bits per heavy atom. The number of hydrogen-bond acceptors (Lipinski definition) is 2. The molecule has 0 unspecified atom stereocenters. The summed E-state index contributed by atoms with van der Waals surface area (Å²) in [5.74, 6) is 0.527. The van der Waals surface area contributed by atoms with Crippen LogP contribution in [0.15, 0.2) is 0 Å². The molecule has 0 aliphatic heterocycles. The number of ether oxygens (including phenoxy) is 1. The van der Waals surface area contributed by atoms with Gasteiger partial charge in [0.05, 0.1) is 6.61 Å². The number of hydrogen-bond donors (Lipinski definition) is 0. The second-order valence-corrected chi connectivity index (χ2v) is 2.88. The average Bonchev–Trinajstić information content (AvgIpc) is 1.79. The van der Waals surface area contributed by atoms with E-state index in [1.807, 2.05) is 0 Å². The van der Waals surface area contributed by atoms with Gasteiger partial charge in [-0.25, -0.2) is 0 Å². The Kier molecular flexibility index (Phi) is 4.99. The molecule has 0 rings (SSSR count). The fourth-order valence-electron chi connectivity index (χ4n) is 0.707. The van der Waals surface area contributed by atoms with E-state index in [4.69, 9.17) is 4.74 Å². The van der Waals surface area contributed by atoms with Crippen LogP contribution < -0.4 is 0 Å². The van der Waals surface area contributed by atoms with Crippen molar-refractivity contribution in [3.05, 3.63) is 0 Å². The zero-order chi connectivity index (χ0) is 7.98. The van der Waals surface area contributed by atoms with Crippen molar-refractivity contribution >= 4 is 5.97 Å². The minimum Gasteiger partial charge on any atom is -0.466 e. The Hall–Kier alpha value is -0.530. The van der Waals surface area contributed by atoms with Gasteiger partial charge in [-0.1, -0.05) is 13.8 Å². The first kappa shape index (κ1) is 9.47. The van der Waals surface area contributed by atoms with E-state index in [2.05, 4.69) is 13.8 Å². The Morgan fingerprint density at radius 2 is 2.10 bits per heavy atom. The quantitative estimate of drug-likeness (QED) is 0.445. The van der Waals surface area contributed by atoms with E-state index in [1.54, 1.807) is 0 Å². The third-order valence-corrected chi connectivity index (χ3v) is 1.23. The maximum atomic E-state index is 10.3. The third kappa shape index (κ3) is 7.47. The molecule has 0 atom stereocenters. The van der Waals surface area contributed by atoms with Gasteiger partial charge in [0.15, 0.2) is 0 Å². The van der Waals surface area contributed by atoms with E-state index >= 15 is 0 Å². The summed E-state index contributed by atoms with van der Waals surface area (Å²) in [7, 11) is 0. The highest BCUT2D eigenvalue weighted by molar-refractivity contribution is 5.65. The van der Waals surface area contributed by atoms with Crippen LogP contribution in [-0.2, 0) is 9.53 Å². The van der Waals surface area contributed by atoms with Crippen LogP contribution in [0.1, 0.15) is 33.6 Å². The van der Waals surface area contributed by atoms with Crippen LogP contribution in [0.3, 0.4) is 0 Å². The summed E-state index contributed by atoms with van der Waals surface area (Å²) in [5.41, 5.74) is 0. The van der Waals surface area contributed by atoms with Crippen LogP contribution in [0.2, 0.25) is 0 Å². The molecule has 0 saturated carbocycles. The van der Waals surface area contributed by atoms with Crippen molar-refractivity contribution in [2.45, 2.75) is 33.6 Å². The highest BCUT2D eigenvalue weighted by Crippen LogP contribution is 2.02. The molecule has 0 amide bonds. The molecule has 2 heteroatoms. The molecule has 0 aromatic heterocycles. The lowest BCUT2D eigenvalue weighted by atomic mass is 10.1. The van der Waals surface area contributed by atoms with Crippen LogP contribution in [0.5, 0.6) is 0 Å². The molecule has 0 heterocycles. The van der Waals surface area contributed by atoms with Gasteiger partial charge in [-0.3, -0.25) is 4.79 Å². The first-order valence-corrected chi connectivity index (χ1v) is 3.76. The number of esters is 1. The molecule has 0 radical (unpaired) electrons. The largest absolute Gasteiger partial charge is 0.466 e. The van der Waals surface area contributed by atoms with Crippen molar-refractivity contribution in [3.63, 3.8) is 0 Å². The monoisotopic (exact) mass is 144 g/mol. The summed E-state index contributed by atoms with van der Waals surface area (Å²) in [6, 6.07) is 0. The topological polar surface area (TPSA) is 26.3 Å². The van der Waals surface area contributed by atoms with Gasteiger partial charge in [0.1, 0.15) is 0 Å². The second-order valence-electron chi connectivity index (χ2n) is 2.88. The van der Waals surface area contributed by atoms with E-state index < -0.39 is 0 Å². The summed E-state index contributed by atoms with van der Waals surface area (Å²) in [4.78, 5) is 10.3. The molecule has 0 aromatic rings. The Bertz CT molecular complexity index is 97.4. The summed E-state index contributed by atoms with van der Waals surface area (Å²) in [5, 5.41) is 0. The number of carbonyl (C=O) groups excluding carboxylic acids is 1. The summed E-state index contributed by atoms with van der Waals surface area (Å²) in [6.07, 6.45) is 2.12. The molecule has 2 nitrogen and oxygen atoms in total. The lowest BCUT2D eigenvalue weighted by molar-refractivity contribution is -0.141. The van der Waals surface area contributed by atoms with E-state index in [-0.39, 0.29) is 5.97 Å². The molecule has 0 aromatic carbocycles. The van der Waals surface area contributed by atoms with E-state index in [0.717, 1.165) is 12.8 Å². The van der Waals surface area contributed by atoms with Gasteiger partial charge in [0.2, 0.25) is 0 Å². The molecular formula is C8H16O2. The first-order chi connectivity index (χ1) is 4.63. The Morgan fingerprint density at radius 3 is 2.50 bits per heavy atom. The van der Waals surface area contributed by atoms with Crippen LogP contribution in [0.25, 0.3) is 0 Å². The van der Waals surface area contributed by atoms with Crippen molar-refractivity contribution in [2.75, 3.05) is 6.61 Å². The number of carbonyl (C=O) groups is 1. The summed E-state index contributed by atoms with van der Waals surface area (Å²) in [6.45, 7) is 6.34. The predicted molar refractivity (Wildman–Crippen MR) is 40.7 cm³/mol. The zero-order valence-electron chi connectivity index (χ0n) is 7.02. The SMILES string of the molecule is CC(=O)OCCCC(C)C. The molecule has 0 fully saturated rings. The summed E-state index contributed by atoms with van der Waals surface area (Å²) >= 11 is 0. The smallest absolute Gasteiger partial charge is 0.302 e. The van der Waals surface area contributed by atoms with Crippen LogP contribution in [0, 0.1) is 5.92 Å². The van der Waals surface area contributed by atoms with Gasteiger partial charge in [0.25, 0.3) is 0 Å². The molecule has 0 aliphatic carbocycles. The van der Waals surface area contributed by atoms with Crippen molar-refractivity contribution in [3.8, 4) is 0 Å². The van der Waals surface area contributed by atoms with Gasteiger partial charge in [-0.15, -0.1) is 0 Å². The van der Waals surface area contributed by atoms with Crippen molar-refractivity contribution in [1.29, 1.82) is 0 Å². The average molecular weight is 144 g/mol. The number of rotatable bonds is 4. The lowest BCUT2D eigenvalue weighted by Gasteiger charge is -2.03. The van der Waals surface area contributed by atoms with Crippen molar-refractivity contribution < 1.29 is 9.53 Å². The highest BCUT2D eigenvalue weighted by atomic mass is 16.5. The maximum Gasteiger partial charge on any atom is 0.302 e. The third-order valence-electron chi connectivity index (χ3n) is 1.23. The standard InChI is InChI=1S/C8H16O2/c1-7(2)5-4-6-10-8(3)9/h7H,4-6H2,1-3H3. The van der Waals surface area contributed by atoms with E-state index in [1.165, 1.54) is 6.92 Å². The molecule has 0 N–H and O–H groups in total. The Labute approximate surface area is 62.6 Å². The first-order valence-electron chi connectivity index (χ1n) is 3.76.